The minimum Gasteiger partial charge on any atom is -0.493 e. The minimum atomic E-state index is -0.507. The number of nitrogens with one attached hydrogen (secondary N) is 1. The number of hydrogen-bond acceptors (Lipinski definition) is 5. The van der Waals surface area contributed by atoms with Crippen LogP contribution in [0, 0.1) is 14.9 Å². The number of carbonyl (C=O) groups is 1. The maximum absolute atomic E-state index is 12.7. The standard InChI is InChI=1S/C27H24BrIN2O4/c1-17(2)35-26-24(29)13-19(14-25(26)33-3)12-20(15-30)27(32)31-22-8-10-23(11-9-22)34-16-18-4-6-21(28)7-5-18/h4-14,17H,16H2,1-3H3,(H,31,32)/b20-12+. The summed E-state index contributed by atoms with van der Waals surface area (Å²) in [6, 6.07) is 20.4. The van der Waals surface area contributed by atoms with Crippen molar-refractivity contribution >= 4 is 56.2 Å². The molecule has 180 valence electrons. The summed E-state index contributed by atoms with van der Waals surface area (Å²) in [6.45, 7) is 4.30. The lowest BCUT2D eigenvalue weighted by atomic mass is 10.1. The zero-order valence-electron chi connectivity index (χ0n) is 19.5. The van der Waals surface area contributed by atoms with Crippen LogP contribution >= 0.6 is 38.5 Å². The fourth-order valence-electron chi connectivity index (χ4n) is 3.07. The van der Waals surface area contributed by atoms with E-state index in [-0.39, 0.29) is 11.7 Å². The Hall–Kier alpha value is -3.03. The van der Waals surface area contributed by atoms with Gasteiger partial charge in [-0.3, -0.25) is 4.79 Å². The summed E-state index contributed by atoms with van der Waals surface area (Å²) in [5, 5.41) is 12.3. The first-order valence-electron chi connectivity index (χ1n) is 10.7. The van der Waals surface area contributed by atoms with Gasteiger partial charge in [0.15, 0.2) is 11.5 Å². The van der Waals surface area contributed by atoms with Crippen LogP contribution in [0.1, 0.15) is 25.0 Å². The van der Waals surface area contributed by atoms with E-state index in [1.165, 1.54) is 6.08 Å². The lowest BCUT2D eigenvalue weighted by molar-refractivity contribution is -0.112. The van der Waals surface area contributed by atoms with Crippen molar-refractivity contribution in [2.45, 2.75) is 26.6 Å². The second kappa shape index (κ2) is 12.6. The zero-order valence-corrected chi connectivity index (χ0v) is 23.2. The summed E-state index contributed by atoms with van der Waals surface area (Å²) in [7, 11) is 1.55. The van der Waals surface area contributed by atoms with Crippen molar-refractivity contribution in [3.8, 4) is 23.3 Å². The molecule has 0 atom stereocenters. The Morgan fingerprint density at radius 1 is 1.14 bits per heavy atom. The molecule has 0 bridgehead atoms. The van der Waals surface area contributed by atoms with Crippen LogP contribution in [0.4, 0.5) is 5.69 Å². The Morgan fingerprint density at radius 2 is 1.83 bits per heavy atom. The van der Waals surface area contributed by atoms with Crippen molar-refractivity contribution in [2.75, 3.05) is 12.4 Å². The predicted octanol–water partition coefficient (Wildman–Crippen LogP) is 6.97. The Bertz CT molecular complexity index is 1250. The fourth-order valence-corrected chi connectivity index (χ4v) is 4.09. The molecule has 3 aromatic rings. The lowest BCUT2D eigenvalue weighted by Gasteiger charge is -2.16. The molecule has 6 nitrogen and oxygen atoms in total. The first-order valence-corrected chi connectivity index (χ1v) is 12.6. The van der Waals surface area contributed by atoms with Gasteiger partial charge in [-0.15, -0.1) is 0 Å². The largest absolute Gasteiger partial charge is 0.493 e. The second-order valence-electron chi connectivity index (χ2n) is 7.76. The topological polar surface area (TPSA) is 80.6 Å². The van der Waals surface area contributed by atoms with Crippen molar-refractivity contribution < 1.29 is 19.0 Å². The van der Waals surface area contributed by atoms with Gasteiger partial charge in [-0.25, -0.2) is 0 Å². The number of nitrogens with zero attached hydrogens (tertiary/aromatic N) is 1. The Labute approximate surface area is 227 Å². The molecule has 0 aliphatic carbocycles. The first kappa shape index (κ1) is 26.6. The van der Waals surface area contributed by atoms with Crippen molar-refractivity contribution in [3.05, 3.63) is 85.4 Å². The van der Waals surface area contributed by atoms with Gasteiger partial charge in [-0.05, 0) is 102 Å². The highest BCUT2D eigenvalue weighted by Gasteiger charge is 2.15. The smallest absolute Gasteiger partial charge is 0.266 e. The van der Waals surface area contributed by atoms with Gasteiger partial charge in [0.2, 0.25) is 0 Å². The number of anilines is 1. The van der Waals surface area contributed by atoms with Crippen LogP contribution in [0.3, 0.4) is 0 Å². The quantitative estimate of drug-likeness (QED) is 0.154. The number of halogens is 2. The molecule has 0 spiro atoms. The van der Waals surface area contributed by atoms with E-state index in [9.17, 15) is 10.1 Å². The molecule has 0 aliphatic rings. The molecule has 3 aromatic carbocycles. The molecule has 0 radical (unpaired) electrons. The molecule has 35 heavy (non-hydrogen) atoms. The molecule has 8 heteroatoms. The van der Waals surface area contributed by atoms with Crippen molar-refractivity contribution in [1.29, 1.82) is 5.26 Å². The predicted molar refractivity (Wildman–Crippen MR) is 149 cm³/mol. The van der Waals surface area contributed by atoms with Crippen LogP contribution in [-0.4, -0.2) is 19.1 Å². The van der Waals surface area contributed by atoms with Gasteiger partial charge in [0.25, 0.3) is 5.91 Å². The van der Waals surface area contributed by atoms with Gasteiger partial charge in [-0.1, -0.05) is 28.1 Å². The maximum Gasteiger partial charge on any atom is 0.266 e. The van der Waals surface area contributed by atoms with E-state index in [4.69, 9.17) is 14.2 Å². The maximum atomic E-state index is 12.7. The molecule has 0 saturated heterocycles. The monoisotopic (exact) mass is 646 g/mol. The number of amides is 1. The summed E-state index contributed by atoms with van der Waals surface area (Å²) < 4.78 is 18.9. The number of carbonyl (C=O) groups excluding carboxylic acids is 1. The average Bonchev–Trinajstić information content (AvgIpc) is 2.84. The van der Waals surface area contributed by atoms with Gasteiger partial charge in [0, 0.05) is 10.2 Å². The minimum absolute atomic E-state index is 0.0168. The third-order valence-corrected chi connectivity index (χ3v) is 6.04. The number of rotatable bonds is 9. The second-order valence-corrected chi connectivity index (χ2v) is 9.84. The number of ether oxygens (including phenoxy) is 3. The SMILES string of the molecule is COc1cc(/C=C(\C#N)C(=O)Nc2ccc(OCc3ccc(Br)cc3)cc2)cc(I)c1OC(C)C. The number of hydrogen-bond donors (Lipinski definition) is 1. The van der Waals surface area contributed by atoms with Crippen LogP contribution in [0.15, 0.2) is 70.7 Å². The molecule has 0 aliphatic heterocycles. The zero-order chi connectivity index (χ0) is 25.4. The van der Waals surface area contributed by atoms with E-state index in [1.807, 2.05) is 50.2 Å². The summed E-state index contributed by atoms with van der Waals surface area (Å²) in [5.74, 6) is 1.33. The highest BCUT2D eigenvalue weighted by atomic mass is 127. The number of benzene rings is 3. The van der Waals surface area contributed by atoms with Crippen LogP contribution in [-0.2, 0) is 11.4 Å². The Kier molecular flexibility index (Phi) is 9.57. The molecular weight excluding hydrogens is 623 g/mol. The van der Waals surface area contributed by atoms with Crippen LogP contribution in [0.25, 0.3) is 6.08 Å². The third kappa shape index (κ3) is 7.73. The number of nitriles is 1. The van der Waals surface area contributed by atoms with Crippen molar-refractivity contribution in [1.82, 2.24) is 0 Å². The van der Waals surface area contributed by atoms with Gasteiger partial charge in [0.1, 0.15) is 24.0 Å². The highest BCUT2D eigenvalue weighted by Crippen LogP contribution is 2.35. The van der Waals surface area contributed by atoms with Gasteiger partial charge in [0.05, 0.1) is 16.8 Å². The van der Waals surface area contributed by atoms with Gasteiger partial charge >= 0.3 is 0 Å². The van der Waals surface area contributed by atoms with E-state index < -0.39 is 5.91 Å². The summed E-state index contributed by atoms with van der Waals surface area (Å²) in [6.07, 6.45) is 1.51. The molecule has 3 rings (SSSR count). The lowest BCUT2D eigenvalue weighted by Crippen LogP contribution is -2.13. The molecule has 0 heterocycles. The molecule has 0 unspecified atom stereocenters. The van der Waals surface area contributed by atoms with E-state index >= 15 is 0 Å². The fraction of sp³-hybridized carbons (Fsp3) is 0.185. The van der Waals surface area contributed by atoms with Gasteiger partial charge < -0.3 is 19.5 Å². The molecular formula is C27H24BrIN2O4. The molecule has 0 aromatic heterocycles. The first-order chi connectivity index (χ1) is 16.8. The summed E-state index contributed by atoms with van der Waals surface area (Å²) in [5.41, 5.74) is 2.23. The van der Waals surface area contributed by atoms with Crippen molar-refractivity contribution in [3.63, 3.8) is 0 Å². The van der Waals surface area contributed by atoms with E-state index in [1.54, 1.807) is 37.4 Å². The summed E-state index contributed by atoms with van der Waals surface area (Å²) in [4.78, 5) is 12.7. The number of methoxy groups -OCH3 is 1. The molecule has 0 fully saturated rings. The van der Waals surface area contributed by atoms with Crippen LogP contribution in [0.5, 0.6) is 17.2 Å². The van der Waals surface area contributed by atoms with Crippen molar-refractivity contribution in [2.24, 2.45) is 0 Å². The van der Waals surface area contributed by atoms with Crippen LogP contribution in [0.2, 0.25) is 0 Å². The third-order valence-electron chi connectivity index (χ3n) is 4.71. The van der Waals surface area contributed by atoms with E-state index in [2.05, 4.69) is 43.8 Å². The van der Waals surface area contributed by atoms with E-state index in [0.29, 0.717) is 35.1 Å². The molecule has 1 N–H and O–H groups in total. The molecule has 1 amide bonds. The highest BCUT2D eigenvalue weighted by molar-refractivity contribution is 14.1. The van der Waals surface area contributed by atoms with Crippen LogP contribution < -0.4 is 19.5 Å². The molecule has 0 saturated carbocycles. The average molecular weight is 647 g/mol. The Balaban J connectivity index is 1.68. The van der Waals surface area contributed by atoms with E-state index in [0.717, 1.165) is 13.6 Å². The van der Waals surface area contributed by atoms with Gasteiger partial charge in [-0.2, -0.15) is 5.26 Å². The normalized spacial score (nSPS) is 11.1. The summed E-state index contributed by atoms with van der Waals surface area (Å²) >= 11 is 5.56. The Morgan fingerprint density at radius 3 is 2.43 bits per heavy atom.